The van der Waals surface area contributed by atoms with E-state index >= 15 is 0 Å². The molecule has 1 aromatic rings. The van der Waals surface area contributed by atoms with Crippen LogP contribution >= 0.6 is 0 Å². The van der Waals surface area contributed by atoms with E-state index in [9.17, 15) is 9.90 Å². The summed E-state index contributed by atoms with van der Waals surface area (Å²) in [5, 5.41) is 12.7. The van der Waals surface area contributed by atoms with Crippen molar-refractivity contribution in [2.45, 2.75) is 38.8 Å². The Balaban J connectivity index is 1.83. The van der Waals surface area contributed by atoms with Crippen LogP contribution in [-0.4, -0.2) is 29.8 Å². The van der Waals surface area contributed by atoms with Crippen LogP contribution in [0.4, 0.5) is 5.69 Å². The summed E-state index contributed by atoms with van der Waals surface area (Å²) in [7, 11) is 0. The Morgan fingerprint density at radius 1 is 1.40 bits per heavy atom. The lowest BCUT2D eigenvalue weighted by molar-refractivity contribution is -0.177. The molecule has 108 valence electrons. The molecule has 1 saturated heterocycles. The summed E-state index contributed by atoms with van der Waals surface area (Å²) in [6, 6.07) is 7.39. The van der Waals surface area contributed by atoms with Crippen molar-refractivity contribution in [3.63, 3.8) is 0 Å². The lowest BCUT2D eigenvalue weighted by Crippen LogP contribution is -2.67. The second kappa shape index (κ2) is 4.77. The van der Waals surface area contributed by atoms with Gasteiger partial charge < -0.3 is 15.2 Å². The molecule has 1 aliphatic heterocycles. The van der Waals surface area contributed by atoms with Gasteiger partial charge in [0.25, 0.3) is 0 Å². The van der Waals surface area contributed by atoms with Crippen molar-refractivity contribution in [3.8, 4) is 0 Å². The maximum atomic E-state index is 11.3. The van der Waals surface area contributed by atoms with Crippen molar-refractivity contribution in [1.29, 1.82) is 0 Å². The predicted molar refractivity (Wildman–Crippen MR) is 77.1 cm³/mol. The van der Waals surface area contributed by atoms with Crippen molar-refractivity contribution >= 4 is 11.7 Å². The summed E-state index contributed by atoms with van der Waals surface area (Å²) in [6.07, 6.45) is 2.54. The monoisotopic (exact) mass is 275 g/mol. The Kier molecular flexibility index (Phi) is 3.21. The fourth-order valence-corrected chi connectivity index (χ4v) is 3.78. The fourth-order valence-electron chi connectivity index (χ4n) is 3.78. The Labute approximate surface area is 119 Å². The smallest absolute Gasteiger partial charge is 0.337 e. The van der Waals surface area contributed by atoms with Crippen LogP contribution in [0.3, 0.4) is 0 Å². The number of anilines is 1. The summed E-state index contributed by atoms with van der Waals surface area (Å²) in [4.78, 5) is 11.3. The molecular weight excluding hydrogens is 254 g/mol. The van der Waals surface area contributed by atoms with E-state index in [0.717, 1.165) is 19.4 Å². The average Bonchev–Trinajstić information content (AvgIpc) is 2.45. The summed E-state index contributed by atoms with van der Waals surface area (Å²) in [5.74, 6) is -0.401. The Hall–Kier alpha value is -1.55. The highest BCUT2D eigenvalue weighted by Crippen LogP contribution is 2.52. The van der Waals surface area contributed by atoms with E-state index in [1.807, 2.05) is 12.1 Å². The van der Waals surface area contributed by atoms with Gasteiger partial charge in [-0.2, -0.15) is 0 Å². The lowest BCUT2D eigenvalue weighted by Gasteiger charge is -2.60. The number of nitrogens with one attached hydrogen (secondary N) is 1. The topological polar surface area (TPSA) is 58.6 Å². The lowest BCUT2D eigenvalue weighted by atomic mass is 9.55. The van der Waals surface area contributed by atoms with Crippen LogP contribution in [0.15, 0.2) is 24.3 Å². The van der Waals surface area contributed by atoms with Gasteiger partial charge in [0.2, 0.25) is 0 Å². The molecule has 1 aliphatic carbocycles. The van der Waals surface area contributed by atoms with E-state index in [1.165, 1.54) is 0 Å². The molecule has 3 rings (SSSR count). The SMILES string of the molecule is CC1(C)C(Nc2ccccc2C(=O)O)C2CCCOC21. The quantitative estimate of drug-likeness (QED) is 0.890. The number of hydrogen-bond donors (Lipinski definition) is 2. The minimum atomic E-state index is -0.887. The van der Waals surface area contributed by atoms with Gasteiger partial charge in [-0.25, -0.2) is 4.79 Å². The molecule has 2 aliphatic rings. The zero-order valence-electron chi connectivity index (χ0n) is 11.9. The number of benzene rings is 1. The molecule has 1 heterocycles. The highest BCUT2D eigenvalue weighted by atomic mass is 16.5. The van der Waals surface area contributed by atoms with Crippen LogP contribution in [0.5, 0.6) is 0 Å². The van der Waals surface area contributed by atoms with Crippen LogP contribution in [0.1, 0.15) is 37.0 Å². The fraction of sp³-hybridized carbons (Fsp3) is 0.562. The van der Waals surface area contributed by atoms with Crippen LogP contribution in [0.25, 0.3) is 0 Å². The van der Waals surface area contributed by atoms with Crippen molar-refractivity contribution < 1.29 is 14.6 Å². The van der Waals surface area contributed by atoms with Gasteiger partial charge in [-0.05, 0) is 25.0 Å². The van der Waals surface area contributed by atoms with Gasteiger partial charge in [0.1, 0.15) is 0 Å². The van der Waals surface area contributed by atoms with E-state index in [-0.39, 0.29) is 11.5 Å². The highest BCUT2D eigenvalue weighted by molar-refractivity contribution is 5.94. The van der Waals surface area contributed by atoms with Gasteiger partial charge in [0, 0.05) is 29.7 Å². The van der Waals surface area contributed by atoms with Gasteiger partial charge in [-0.15, -0.1) is 0 Å². The second-order valence-electron chi connectivity index (χ2n) is 6.39. The molecule has 4 nitrogen and oxygen atoms in total. The number of ether oxygens (including phenoxy) is 1. The number of para-hydroxylation sites is 1. The first-order chi connectivity index (χ1) is 9.51. The normalized spacial score (nSPS) is 31.0. The van der Waals surface area contributed by atoms with Crippen molar-refractivity contribution in [2.75, 3.05) is 11.9 Å². The Bertz CT molecular complexity index is 526. The van der Waals surface area contributed by atoms with E-state index < -0.39 is 5.97 Å². The third-order valence-corrected chi connectivity index (χ3v) is 4.80. The average molecular weight is 275 g/mol. The zero-order chi connectivity index (χ0) is 14.3. The summed E-state index contributed by atoms with van der Waals surface area (Å²) >= 11 is 0. The number of aromatic carboxylic acids is 1. The van der Waals surface area contributed by atoms with Crippen molar-refractivity contribution in [3.05, 3.63) is 29.8 Å². The Morgan fingerprint density at radius 3 is 2.90 bits per heavy atom. The first-order valence-electron chi connectivity index (χ1n) is 7.22. The third-order valence-electron chi connectivity index (χ3n) is 4.80. The molecule has 2 N–H and O–H groups in total. The molecule has 1 saturated carbocycles. The summed E-state index contributed by atoms with van der Waals surface area (Å²) in [6.45, 7) is 5.24. The second-order valence-corrected chi connectivity index (χ2v) is 6.39. The standard InChI is InChI=1S/C16H21NO3/c1-16(2)13(11-7-5-9-20-14(11)16)17-12-8-4-3-6-10(12)15(18)19/h3-4,6,8,11,13-14,17H,5,7,9H2,1-2H3,(H,18,19). The molecule has 0 bridgehead atoms. The molecule has 2 fully saturated rings. The third kappa shape index (κ3) is 1.99. The van der Waals surface area contributed by atoms with Gasteiger partial charge >= 0.3 is 5.97 Å². The summed E-state index contributed by atoms with van der Waals surface area (Å²) in [5.41, 5.74) is 1.09. The van der Waals surface area contributed by atoms with E-state index in [2.05, 4.69) is 19.2 Å². The molecule has 3 atom stereocenters. The molecule has 20 heavy (non-hydrogen) atoms. The maximum absolute atomic E-state index is 11.3. The van der Waals surface area contributed by atoms with Crippen LogP contribution in [-0.2, 0) is 4.74 Å². The van der Waals surface area contributed by atoms with Crippen molar-refractivity contribution in [1.82, 2.24) is 0 Å². The van der Waals surface area contributed by atoms with E-state index in [0.29, 0.717) is 23.3 Å². The number of carboxylic acids is 1. The molecule has 0 spiro atoms. The molecule has 4 heteroatoms. The summed E-state index contributed by atoms with van der Waals surface area (Å²) < 4.78 is 5.88. The van der Waals surface area contributed by atoms with Gasteiger partial charge in [0.05, 0.1) is 11.7 Å². The van der Waals surface area contributed by atoms with Crippen LogP contribution in [0, 0.1) is 11.3 Å². The van der Waals surface area contributed by atoms with Gasteiger partial charge in [-0.1, -0.05) is 26.0 Å². The van der Waals surface area contributed by atoms with E-state index in [4.69, 9.17) is 4.74 Å². The first-order valence-corrected chi connectivity index (χ1v) is 7.22. The van der Waals surface area contributed by atoms with Crippen LogP contribution < -0.4 is 5.32 Å². The number of hydrogen-bond acceptors (Lipinski definition) is 3. The molecule has 1 aromatic carbocycles. The number of carbonyl (C=O) groups is 1. The largest absolute Gasteiger partial charge is 0.478 e. The number of rotatable bonds is 3. The van der Waals surface area contributed by atoms with E-state index in [1.54, 1.807) is 12.1 Å². The molecule has 0 radical (unpaired) electrons. The predicted octanol–water partition coefficient (Wildman–Crippen LogP) is 3.00. The highest BCUT2D eigenvalue weighted by Gasteiger charge is 2.58. The molecular formula is C16H21NO3. The number of carboxylic acid groups (broad SMARTS) is 1. The maximum Gasteiger partial charge on any atom is 0.337 e. The van der Waals surface area contributed by atoms with Crippen molar-refractivity contribution in [2.24, 2.45) is 11.3 Å². The molecule has 0 aromatic heterocycles. The molecule has 0 amide bonds. The minimum Gasteiger partial charge on any atom is -0.478 e. The first kappa shape index (κ1) is 13.4. The van der Waals surface area contributed by atoms with Gasteiger partial charge in [-0.3, -0.25) is 0 Å². The minimum absolute atomic E-state index is 0.0384. The molecule has 3 unspecified atom stereocenters. The van der Waals surface area contributed by atoms with Crippen LogP contribution in [0.2, 0.25) is 0 Å². The zero-order valence-corrected chi connectivity index (χ0v) is 11.9. The van der Waals surface area contributed by atoms with Gasteiger partial charge in [0.15, 0.2) is 0 Å². The number of fused-ring (bicyclic) bond motifs is 1. The Morgan fingerprint density at radius 2 is 2.15 bits per heavy atom.